The van der Waals surface area contributed by atoms with Gasteiger partial charge in [0, 0.05) is 44.7 Å². The monoisotopic (exact) mass is 385 g/mol. The van der Waals surface area contributed by atoms with Crippen LogP contribution in [0.15, 0.2) is 24.3 Å². The summed E-state index contributed by atoms with van der Waals surface area (Å²) in [6.07, 6.45) is 5.20. The summed E-state index contributed by atoms with van der Waals surface area (Å²) >= 11 is 0. The fraction of sp³-hybridized carbons (Fsp3) is 0.591. The zero-order chi connectivity index (χ0) is 19.9. The second-order valence-electron chi connectivity index (χ2n) is 7.85. The highest BCUT2D eigenvalue weighted by atomic mass is 16.2. The number of rotatable bonds is 6. The Hall–Kier alpha value is -2.37. The first-order valence-corrected chi connectivity index (χ1v) is 10.5. The van der Waals surface area contributed by atoms with Gasteiger partial charge in [-0.25, -0.2) is 0 Å². The minimum atomic E-state index is -0.149. The maximum atomic E-state index is 12.6. The normalized spacial score (nSPS) is 19.5. The predicted molar refractivity (Wildman–Crippen MR) is 108 cm³/mol. The smallest absolute Gasteiger partial charge is 0.253 e. The van der Waals surface area contributed by atoms with Crippen LogP contribution in [0.1, 0.15) is 61.4 Å². The number of nitrogens with one attached hydrogen (secondary N) is 1. The molecule has 0 aromatic heterocycles. The molecule has 0 saturated carbocycles. The molecule has 2 aliphatic heterocycles. The highest BCUT2D eigenvalue weighted by Gasteiger charge is 2.28. The summed E-state index contributed by atoms with van der Waals surface area (Å²) in [5.41, 5.74) is 1.61. The van der Waals surface area contributed by atoms with Gasteiger partial charge in [0.25, 0.3) is 5.91 Å². The van der Waals surface area contributed by atoms with Gasteiger partial charge in [0.2, 0.25) is 11.8 Å². The Morgan fingerprint density at radius 3 is 2.57 bits per heavy atom. The average Bonchev–Trinajstić information content (AvgIpc) is 3.27. The minimum Gasteiger partial charge on any atom is -0.352 e. The van der Waals surface area contributed by atoms with Gasteiger partial charge in [-0.2, -0.15) is 0 Å². The summed E-state index contributed by atoms with van der Waals surface area (Å²) in [6.45, 7) is 5.32. The third-order valence-electron chi connectivity index (χ3n) is 5.64. The zero-order valence-corrected chi connectivity index (χ0v) is 16.8. The van der Waals surface area contributed by atoms with Crippen LogP contribution in [-0.2, 0) is 16.1 Å². The summed E-state index contributed by atoms with van der Waals surface area (Å²) in [5, 5.41) is 2.99. The second kappa shape index (κ2) is 9.71. The number of likely N-dealkylation sites (tertiary alicyclic amines) is 2. The number of piperidine rings is 1. The van der Waals surface area contributed by atoms with E-state index >= 15 is 0 Å². The molecule has 1 aromatic rings. The van der Waals surface area contributed by atoms with Crippen molar-refractivity contribution in [1.82, 2.24) is 15.1 Å². The number of hydrogen-bond acceptors (Lipinski definition) is 3. The quantitative estimate of drug-likeness (QED) is 0.818. The van der Waals surface area contributed by atoms with E-state index in [9.17, 15) is 14.4 Å². The Morgan fingerprint density at radius 2 is 1.82 bits per heavy atom. The molecule has 3 amide bonds. The average molecular weight is 386 g/mol. The third kappa shape index (κ3) is 5.12. The molecule has 2 fully saturated rings. The molecule has 2 heterocycles. The van der Waals surface area contributed by atoms with Gasteiger partial charge in [-0.15, -0.1) is 0 Å². The standard InChI is InChI=1S/C22H31N3O3/c1-2-7-20(26)25-13-6-10-19(16-25)21(27)23-15-17-8-5-9-18(14-17)22(28)24-11-3-4-12-24/h5,8-9,14,19H,2-4,6-7,10-13,15-16H2,1H3,(H,23,27). The summed E-state index contributed by atoms with van der Waals surface area (Å²) in [7, 11) is 0. The predicted octanol–water partition coefficient (Wildman–Crippen LogP) is 2.58. The van der Waals surface area contributed by atoms with Crippen LogP contribution in [0.2, 0.25) is 0 Å². The largest absolute Gasteiger partial charge is 0.352 e. The van der Waals surface area contributed by atoms with Crippen molar-refractivity contribution in [2.24, 2.45) is 5.92 Å². The van der Waals surface area contributed by atoms with Crippen molar-refractivity contribution in [1.29, 1.82) is 0 Å². The molecule has 28 heavy (non-hydrogen) atoms. The highest BCUT2D eigenvalue weighted by molar-refractivity contribution is 5.94. The molecule has 3 rings (SSSR count). The third-order valence-corrected chi connectivity index (χ3v) is 5.64. The van der Waals surface area contributed by atoms with Crippen molar-refractivity contribution in [3.63, 3.8) is 0 Å². The van der Waals surface area contributed by atoms with Gasteiger partial charge in [-0.1, -0.05) is 19.1 Å². The van der Waals surface area contributed by atoms with E-state index in [1.165, 1.54) is 0 Å². The first-order valence-electron chi connectivity index (χ1n) is 10.5. The number of amides is 3. The number of benzene rings is 1. The van der Waals surface area contributed by atoms with Gasteiger partial charge in [0.1, 0.15) is 0 Å². The number of carbonyl (C=O) groups is 3. The number of nitrogens with zero attached hydrogens (tertiary/aromatic N) is 2. The molecule has 6 nitrogen and oxygen atoms in total. The van der Waals surface area contributed by atoms with Crippen molar-refractivity contribution in [3.8, 4) is 0 Å². The van der Waals surface area contributed by atoms with Gasteiger partial charge in [-0.3, -0.25) is 14.4 Å². The van der Waals surface area contributed by atoms with E-state index in [4.69, 9.17) is 0 Å². The number of carbonyl (C=O) groups excluding carboxylic acids is 3. The van der Waals surface area contributed by atoms with Gasteiger partial charge >= 0.3 is 0 Å². The molecule has 152 valence electrons. The molecule has 1 unspecified atom stereocenters. The van der Waals surface area contributed by atoms with Gasteiger partial charge < -0.3 is 15.1 Å². The van der Waals surface area contributed by atoms with Gasteiger partial charge in [-0.05, 0) is 49.8 Å². The van der Waals surface area contributed by atoms with Gasteiger partial charge in [0.15, 0.2) is 0 Å². The summed E-state index contributed by atoms with van der Waals surface area (Å²) in [5.74, 6) is 0.0606. The summed E-state index contributed by atoms with van der Waals surface area (Å²) in [4.78, 5) is 41.0. The molecule has 1 atom stereocenters. The van der Waals surface area contributed by atoms with E-state index in [-0.39, 0.29) is 23.6 Å². The van der Waals surface area contributed by atoms with Crippen LogP contribution in [0, 0.1) is 5.92 Å². The Labute approximate surface area is 167 Å². The van der Waals surface area contributed by atoms with Crippen molar-refractivity contribution in [2.45, 2.75) is 52.0 Å². The first kappa shape index (κ1) is 20.4. The maximum absolute atomic E-state index is 12.6. The van der Waals surface area contributed by atoms with Crippen LogP contribution < -0.4 is 5.32 Å². The Morgan fingerprint density at radius 1 is 1.07 bits per heavy atom. The Balaban J connectivity index is 1.53. The molecule has 6 heteroatoms. The maximum Gasteiger partial charge on any atom is 0.253 e. The van der Waals surface area contributed by atoms with Crippen LogP contribution in [0.3, 0.4) is 0 Å². The lowest BCUT2D eigenvalue weighted by Crippen LogP contribution is -2.45. The van der Waals surface area contributed by atoms with Crippen LogP contribution in [0.5, 0.6) is 0 Å². The Kier molecular flexibility index (Phi) is 7.06. The summed E-state index contributed by atoms with van der Waals surface area (Å²) < 4.78 is 0. The SMILES string of the molecule is CCCC(=O)N1CCCC(C(=O)NCc2cccc(C(=O)N3CCCC3)c2)C1. The van der Waals surface area contributed by atoms with Crippen molar-refractivity contribution < 1.29 is 14.4 Å². The highest BCUT2D eigenvalue weighted by Crippen LogP contribution is 2.18. The van der Waals surface area contributed by atoms with Crippen molar-refractivity contribution in [2.75, 3.05) is 26.2 Å². The number of hydrogen-bond donors (Lipinski definition) is 1. The molecular weight excluding hydrogens is 354 g/mol. The van der Waals surface area contributed by atoms with Crippen LogP contribution in [0.4, 0.5) is 0 Å². The molecule has 0 spiro atoms. The molecular formula is C22H31N3O3. The van der Waals surface area contributed by atoms with E-state index < -0.39 is 0 Å². The Bertz CT molecular complexity index is 713. The molecule has 0 aliphatic carbocycles. The van der Waals surface area contributed by atoms with E-state index in [1.54, 1.807) is 0 Å². The van der Waals surface area contributed by atoms with Crippen LogP contribution in [-0.4, -0.2) is 53.7 Å². The van der Waals surface area contributed by atoms with Crippen LogP contribution >= 0.6 is 0 Å². The zero-order valence-electron chi connectivity index (χ0n) is 16.8. The molecule has 0 radical (unpaired) electrons. The fourth-order valence-corrected chi connectivity index (χ4v) is 4.04. The first-order chi connectivity index (χ1) is 13.6. The van der Waals surface area contributed by atoms with Gasteiger partial charge in [0.05, 0.1) is 5.92 Å². The van der Waals surface area contributed by atoms with Crippen LogP contribution in [0.25, 0.3) is 0 Å². The summed E-state index contributed by atoms with van der Waals surface area (Å²) in [6, 6.07) is 7.51. The lowest BCUT2D eigenvalue weighted by atomic mass is 9.96. The van der Waals surface area contributed by atoms with E-state index in [0.717, 1.165) is 57.3 Å². The lowest BCUT2D eigenvalue weighted by Gasteiger charge is -2.32. The van der Waals surface area contributed by atoms with Crippen molar-refractivity contribution in [3.05, 3.63) is 35.4 Å². The van der Waals surface area contributed by atoms with E-state index in [1.807, 2.05) is 41.0 Å². The molecule has 0 bridgehead atoms. The lowest BCUT2D eigenvalue weighted by molar-refractivity contribution is -0.135. The molecule has 2 saturated heterocycles. The topological polar surface area (TPSA) is 69.7 Å². The molecule has 2 aliphatic rings. The second-order valence-corrected chi connectivity index (χ2v) is 7.85. The van der Waals surface area contributed by atoms with Crippen molar-refractivity contribution >= 4 is 17.7 Å². The van der Waals surface area contributed by atoms with E-state index in [0.29, 0.717) is 25.1 Å². The minimum absolute atomic E-state index is 0.00901. The molecule has 1 aromatic carbocycles. The van der Waals surface area contributed by atoms with E-state index in [2.05, 4.69) is 5.32 Å². The molecule has 1 N–H and O–H groups in total. The fourth-order valence-electron chi connectivity index (χ4n) is 4.04.